The van der Waals surface area contributed by atoms with E-state index in [0.717, 1.165) is 5.56 Å². The highest BCUT2D eigenvalue weighted by atomic mass is 16.3. The fraction of sp³-hybridized carbons (Fsp3) is 0.355. The molecule has 0 saturated carbocycles. The quantitative estimate of drug-likeness (QED) is 0.348. The number of aliphatic hydroxyl groups excluding tert-OH is 1. The maximum absolute atomic E-state index is 10.5. The first-order valence-electron chi connectivity index (χ1n) is 11.9. The topological polar surface area (TPSA) is 20.2 Å². The minimum Gasteiger partial charge on any atom is -0.392 e. The third kappa shape index (κ3) is 3.53. The third-order valence-electron chi connectivity index (χ3n) is 7.23. The fourth-order valence-electron chi connectivity index (χ4n) is 5.18. The predicted molar refractivity (Wildman–Crippen MR) is 138 cm³/mol. The summed E-state index contributed by atoms with van der Waals surface area (Å²) < 4.78 is 0. The van der Waals surface area contributed by atoms with E-state index in [-0.39, 0.29) is 6.61 Å². The second-order valence-electron chi connectivity index (χ2n) is 10.1. The molecule has 1 nitrogen and oxygen atoms in total. The normalized spacial score (nSPS) is 12.0. The molecule has 0 aromatic carbocycles. The van der Waals surface area contributed by atoms with Gasteiger partial charge in [-0.3, -0.25) is 0 Å². The van der Waals surface area contributed by atoms with E-state index in [0.29, 0.717) is 11.8 Å². The highest BCUT2D eigenvalue weighted by Gasteiger charge is 2.27. The summed E-state index contributed by atoms with van der Waals surface area (Å²) in [6.45, 7) is 17.9. The standard InChI is InChI=1S/C31H36O/c1-17(2)23-11-9-19(5)29-25(14-23)21(7)13-27(29)31-28(16-32)22(8)26-15-24(18(3)4)12-10-20(6)30(26)31/h9-15,17-18,32H,16H2,1-8H3. The van der Waals surface area contributed by atoms with Crippen LogP contribution in [0.2, 0.25) is 0 Å². The molecule has 0 radical (unpaired) electrons. The molecule has 0 atom stereocenters. The summed E-state index contributed by atoms with van der Waals surface area (Å²) in [7, 11) is 0. The van der Waals surface area contributed by atoms with Crippen LogP contribution in [0.3, 0.4) is 0 Å². The van der Waals surface area contributed by atoms with Gasteiger partial charge < -0.3 is 5.11 Å². The van der Waals surface area contributed by atoms with Gasteiger partial charge in [0.2, 0.25) is 0 Å². The molecular weight excluding hydrogens is 388 g/mol. The van der Waals surface area contributed by atoms with E-state index in [1.54, 1.807) is 0 Å². The highest BCUT2D eigenvalue weighted by molar-refractivity contribution is 6.01. The Morgan fingerprint density at radius 1 is 0.594 bits per heavy atom. The lowest BCUT2D eigenvalue weighted by Gasteiger charge is -2.10. The number of fused-ring (bicyclic) bond motifs is 2. The molecule has 166 valence electrons. The van der Waals surface area contributed by atoms with Crippen LogP contribution in [0.5, 0.6) is 0 Å². The van der Waals surface area contributed by atoms with Gasteiger partial charge in [-0.15, -0.1) is 0 Å². The number of rotatable bonds is 4. The Labute approximate surface area is 193 Å². The summed E-state index contributed by atoms with van der Waals surface area (Å²) >= 11 is 0. The van der Waals surface area contributed by atoms with Crippen molar-refractivity contribution in [1.29, 1.82) is 0 Å². The van der Waals surface area contributed by atoms with E-state index >= 15 is 0 Å². The van der Waals surface area contributed by atoms with Gasteiger partial charge in [0, 0.05) is 0 Å². The lowest BCUT2D eigenvalue weighted by atomic mass is 9.93. The Morgan fingerprint density at radius 2 is 1.12 bits per heavy atom. The first-order valence-corrected chi connectivity index (χ1v) is 11.9. The Balaban J connectivity index is 2.11. The maximum Gasteiger partial charge on any atom is 0.0690 e. The average molecular weight is 425 g/mol. The van der Waals surface area contributed by atoms with Crippen LogP contribution >= 0.6 is 0 Å². The van der Waals surface area contributed by atoms with Crippen LogP contribution in [0, 0.1) is 27.7 Å². The van der Waals surface area contributed by atoms with Crippen molar-refractivity contribution >= 4 is 0 Å². The van der Waals surface area contributed by atoms with Crippen LogP contribution in [-0.2, 0) is 6.61 Å². The predicted octanol–water partition coefficient (Wildman–Crippen LogP) is 8.54. The molecule has 0 spiro atoms. The van der Waals surface area contributed by atoms with Crippen LogP contribution in [0.15, 0.2) is 42.5 Å². The monoisotopic (exact) mass is 424 g/mol. The summed E-state index contributed by atoms with van der Waals surface area (Å²) in [6, 6.07) is 16.1. The summed E-state index contributed by atoms with van der Waals surface area (Å²) in [6.07, 6.45) is 0. The van der Waals surface area contributed by atoms with Gasteiger partial charge in [-0.05, 0) is 112 Å². The highest BCUT2D eigenvalue weighted by Crippen LogP contribution is 2.50. The zero-order chi connectivity index (χ0) is 23.3. The van der Waals surface area contributed by atoms with Gasteiger partial charge in [0.05, 0.1) is 6.61 Å². The molecule has 0 amide bonds. The second kappa shape index (κ2) is 8.37. The number of aliphatic hydroxyl groups is 1. The lowest BCUT2D eigenvalue weighted by Crippen LogP contribution is -1.89. The van der Waals surface area contributed by atoms with E-state index in [1.165, 1.54) is 66.8 Å². The summed E-state index contributed by atoms with van der Waals surface area (Å²) in [5, 5.41) is 10.5. The van der Waals surface area contributed by atoms with E-state index in [4.69, 9.17) is 0 Å². The summed E-state index contributed by atoms with van der Waals surface area (Å²) in [5.74, 6) is 0.937. The van der Waals surface area contributed by atoms with Crippen molar-refractivity contribution in [3.05, 3.63) is 81.4 Å². The van der Waals surface area contributed by atoms with Crippen LogP contribution < -0.4 is 0 Å². The molecule has 0 aromatic heterocycles. The largest absolute Gasteiger partial charge is 0.392 e. The molecule has 1 N–H and O–H groups in total. The molecule has 0 saturated heterocycles. The van der Waals surface area contributed by atoms with Crippen molar-refractivity contribution in [2.75, 3.05) is 0 Å². The Bertz CT molecular complexity index is 1240. The first-order chi connectivity index (χ1) is 15.1. The van der Waals surface area contributed by atoms with Crippen LogP contribution in [0.25, 0.3) is 33.4 Å². The molecule has 0 fully saturated rings. The van der Waals surface area contributed by atoms with Crippen molar-refractivity contribution < 1.29 is 5.11 Å². The number of aryl methyl sites for hydroxylation is 3. The molecule has 0 bridgehead atoms. The minimum atomic E-state index is 0.0526. The third-order valence-corrected chi connectivity index (χ3v) is 7.23. The van der Waals surface area contributed by atoms with E-state index in [9.17, 15) is 5.11 Å². The molecule has 0 heterocycles. The van der Waals surface area contributed by atoms with Crippen LogP contribution in [-0.4, -0.2) is 5.11 Å². The molecule has 0 aromatic rings. The van der Waals surface area contributed by atoms with Crippen LogP contribution in [0.4, 0.5) is 0 Å². The van der Waals surface area contributed by atoms with Crippen LogP contribution in [0.1, 0.15) is 78.5 Å². The zero-order valence-corrected chi connectivity index (χ0v) is 20.9. The second-order valence-corrected chi connectivity index (χ2v) is 10.1. The minimum absolute atomic E-state index is 0.0526. The van der Waals surface area contributed by atoms with Gasteiger partial charge in [0.15, 0.2) is 0 Å². The molecule has 4 rings (SSSR count). The molecule has 0 unspecified atom stereocenters. The van der Waals surface area contributed by atoms with E-state index in [2.05, 4.69) is 97.9 Å². The Morgan fingerprint density at radius 3 is 1.66 bits per heavy atom. The van der Waals surface area contributed by atoms with E-state index in [1.807, 2.05) is 0 Å². The molecule has 32 heavy (non-hydrogen) atoms. The Kier molecular flexibility index (Phi) is 5.90. The smallest absolute Gasteiger partial charge is 0.0690 e. The fourth-order valence-corrected chi connectivity index (χ4v) is 5.18. The molecule has 4 aliphatic rings. The molecular formula is C31H36O. The van der Waals surface area contributed by atoms with Crippen molar-refractivity contribution in [1.82, 2.24) is 0 Å². The maximum atomic E-state index is 10.5. The van der Waals surface area contributed by atoms with Crippen molar-refractivity contribution in [3.63, 3.8) is 0 Å². The Hall–Kier alpha value is -2.64. The molecule has 1 heteroatoms. The van der Waals surface area contributed by atoms with Gasteiger partial charge in [0.25, 0.3) is 0 Å². The summed E-state index contributed by atoms with van der Waals surface area (Å²) in [4.78, 5) is 0. The van der Waals surface area contributed by atoms with Gasteiger partial charge in [-0.25, -0.2) is 0 Å². The SMILES string of the molecule is Cc1cc(-c2c(CO)c(C)c3cc(C(C)C)ccc(C)c2-3)c2c(C)ccc(C(C)C)cc1-2. The molecule has 4 aliphatic carbocycles. The van der Waals surface area contributed by atoms with Crippen molar-refractivity contribution in [3.8, 4) is 33.4 Å². The number of hydrogen-bond donors (Lipinski definition) is 1. The van der Waals surface area contributed by atoms with E-state index < -0.39 is 0 Å². The van der Waals surface area contributed by atoms with Crippen molar-refractivity contribution in [2.45, 2.75) is 73.8 Å². The number of hydrogen-bond acceptors (Lipinski definition) is 1. The first kappa shape index (κ1) is 22.6. The van der Waals surface area contributed by atoms with Gasteiger partial charge in [0.1, 0.15) is 0 Å². The van der Waals surface area contributed by atoms with Gasteiger partial charge in [-0.1, -0.05) is 70.2 Å². The molecule has 0 aliphatic heterocycles. The van der Waals surface area contributed by atoms with Gasteiger partial charge >= 0.3 is 0 Å². The zero-order valence-electron chi connectivity index (χ0n) is 20.9. The van der Waals surface area contributed by atoms with Crippen molar-refractivity contribution in [2.24, 2.45) is 0 Å². The average Bonchev–Trinajstić information content (AvgIpc) is 3.02. The van der Waals surface area contributed by atoms with Gasteiger partial charge in [-0.2, -0.15) is 0 Å². The summed E-state index contributed by atoms with van der Waals surface area (Å²) in [5.41, 5.74) is 16.4. The lowest BCUT2D eigenvalue weighted by molar-refractivity contribution is 0.282.